The first-order valence-corrected chi connectivity index (χ1v) is 27.1. The maximum atomic E-state index is 2.33. The molecule has 0 aromatic heterocycles. The van der Waals surface area contributed by atoms with Crippen molar-refractivity contribution in [3.63, 3.8) is 0 Å². The van der Waals surface area contributed by atoms with Crippen LogP contribution in [0.1, 0.15) is 222 Å². The molecule has 0 atom stereocenters. The Balaban J connectivity index is -0.0000000328. The molecule has 0 saturated carbocycles. The van der Waals surface area contributed by atoms with Crippen LogP contribution >= 0.6 is 0 Å². The molecule has 0 unspecified atom stereocenters. The molecule has 0 aliphatic rings. The predicted molar refractivity (Wildman–Crippen MR) is 325 cm³/mol. The summed E-state index contributed by atoms with van der Waals surface area (Å²) in [6, 6.07) is 32.0. The standard InChI is InChI=1S/8C6H15N.2C5H5.Fe.4Mg.4Na/c8*1-5(2)7-6(3)4;2*1-2-4-5-3-1;;;;;;;;;/h8*5-7H,1-4H3;2*1-5H;;;;;;;;;/q;;;;;;;;2*-1;+4;4*+2;4*+1/p+8. The Hall–Kier alpha value is 5.96. The second-order valence-electron chi connectivity index (χ2n) is 23.4. The van der Waals surface area contributed by atoms with Gasteiger partial charge in [-0.15, -0.1) is 0 Å². The van der Waals surface area contributed by atoms with Gasteiger partial charge in [0.15, 0.2) is 0 Å². The van der Waals surface area contributed by atoms with Gasteiger partial charge in [0.2, 0.25) is 0 Å². The van der Waals surface area contributed by atoms with E-state index >= 15 is 0 Å². The van der Waals surface area contributed by atoms with Crippen molar-refractivity contribution < 1.29 is 178 Å². The normalized spacial score (nSPS) is 9.39. The van der Waals surface area contributed by atoms with Crippen LogP contribution in [-0.4, -0.2) is 189 Å². The van der Waals surface area contributed by atoms with Gasteiger partial charge >= 0.3 is 228 Å². The predicted octanol–water partition coefficient (Wildman–Crippen LogP) is -7.77. The zero-order valence-corrected chi connectivity index (χ0v) is 73.6. The van der Waals surface area contributed by atoms with Gasteiger partial charge in [0.25, 0.3) is 0 Å². The zero-order valence-electron chi connectivity index (χ0n) is 58.8. The van der Waals surface area contributed by atoms with Crippen molar-refractivity contribution in [2.45, 2.75) is 318 Å². The molecule has 16 N–H and O–H groups in total. The van der Waals surface area contributed by atoms with Crippen molar-refractivity contribution in [1.29, 1.82) is 0 Å². The second-order valence-corrected chi connectivity index (χ2v) is 23.4. The summed E-state index contributed by atoms with van der Waals surface area (Å²) >= 11 is 0. The third-order valence-electron chi connectivity index (χ3n) is 7.27. The van der Waals surface area contributed by atoms with Gasteiger partial charge in [-0.1, -0.05) is 0 Å². The van der Waals surface area contributed by atoms with E-state index in [9.17, 15) is 0 Å². The molecule has 2 rings (SSSR count). The minimum absolute atomic E-state index is 0. The molecule has 408 valence electrons. The number of hydrogen-bond donors (Lipinski definition) is 8. The van der Waals surface area contributed by atoms with Gasteiger partial charge in [0, 0.05) is 0 Å². The van der Waals surface area contributed by atoms with Crippen molar-refractivity contribution >= 4 is 92.2 Å². The summed E-state index contributed by atoms with van der Waals surface area (Å²) in [5, 5.41) is 18.7. The Labute approximate surface area is 639 Å². The van der Waals surface area contributed by atoms with Gasteiger partial charge in [-0.25, -0.2) is 24.3 Å². The maximum absolute atomic E-state index is 2.33. The van der Waals surface area contributed by atoms with Gasteiger partial charge in [-0.05, 0) is 222 Å². The molecular formula is C58H138FeMg4N8Na4+22. The van der Waals surface area contributed by atoms with Crippen molar-refractivity contribution in [3.05, 3.63) is 60.7 Å². The Kier molecular flexibility index (Phi) is 162. The molecule has 0 heterocycles. The van der Waals surface area contributed by atoms with Crippen LogP contribution in [0.5, 0.6) is 0 Å². The number of rotatable bonds is 16. The van der Waals surface area contributed by atoms with Crippen molar-refractivity contribution in [2.75, 3.05) is 0 Å². The first-order chi connectivity index (χ1) is 30.0. The minimum atomic E-state index is 0. The van der Waals surface area contributed by atoms with E-state index in [1.54, 1.807) is 0 Å². The van der Waals surface area contributed by atoms with E-state index in [0.717, 1.165) is 96.7 Å². The first kappa shape index (κ1) is 127. The Morgan fingerprint density at radius 2 is 0.253 bits per heavy atom. The number of nitrogens with two attached hydrogens (primary N) is 8. The summed E-state index contributed by atoms with van der Waals surface area (Å²) < 4.78 is 0. The quantitative estimate of drug-likeness (QED) is 0.0601. The number of hydrogen-bond acceptors (Lipinski definition) is 0. The molecule has 2 aromatic rings. The molecule has 0 amide bonds. The van der Waals surface area contributed by atoms with Crippen LogP contribution in [0.4, 0.5) is 0 Å². The third-order valence-corrected chi connectivity index (χ3v) is 7.27. The first-order valence-electron chi connectivity index (χ1n) is 27.1. The summed E-state index contributed by atoms with van der Waals surface area (Å²) in [5.74, 6) is 0. The van der Waals surface area contributed by atoms with Crippen LogP contribution in [0, 0.1) is 0 Å². The van der Waals surface area contributed by atoms with Crippen LogP contribution in [0.15, 0.2) is 60.7 Å². The smallest absolute Gasteiger partial charge is 0.342 e. The van der Waals surface area contributed by atoms with Gasteiger partial charge in [-0.3, -0.25) is 0 Å². The molecule has 0 saturated heterocycles. The van der Waals surface area contributed by atoms with Crippen molar-refractivity contribution in [1.82, 2.24) is 0 Å². The molecule has 0 radical (unpaired) electrons. The average molecular weight is 1190 g/mol. The SMILES string of the molecule is CC(C)[NH2+]C(C)C.CC(C)[NH2+]C(C)C.CC(C)[NH2+]C(C)C.CC(C)[NH2+]C(C)C.CC(C)[NH2+]C(C)C.CC(C)[NH2+]C(C)C.CC(C)[NH2+]C(C)C.CC(C)[NH2+]C(C)C.[Fe+4].[Mg+2].[Mg+2].[Mg+2].[Mg+2].[Na+].[Na+].[Na+].[Na+].c1cc[cH-]c1.c1cc[cH-]c1. The van der Waals surface area contributed by atoms with E-state index in [0.29, 0.717) is 0 Å². The van der Waals surface area contributed by atoms with Crippen LogP contribution in [0.25, 0.3) is 0 Å². The molecule has 0 spiro atoms. The molecule has 0 aliphatic carbocycles. The molecule has 75 heavy (non-hydrogen) atoms. The molecule has 0 fully saturated rings. The maximum Gasteiger partial charge on any atom is 4.00 e. The fourth-order valence-electron chi connectivity index (χ4n) is 6.80. The fraction of sp³-hybridized carbons (Fsp3) is 0.828. The van der Waals surface area contributed by atoms with Gasteiger partial charge in [0.1, 0.15) is 0 Å². The Bertz CT molecular complexity index is 778. The van der Waals surface area contributed by atoms with E-state index in [2.05, 4.69) is 264 Å². The molecule has 17 heteroatoms. The Morgan fingerprint density at radius 3 is 0.267 bits per heavy atom. The van der Waals surface area contributed by atoms with E-state index in [-0.39, 0.29) is 228 Å². The zero-order chi connectivity index (χ0) is 54.0. The van der Waals surface area contributed by atoms with Crippen molar-refractivity contribution in [3.8, 4) is 0 Å². The summed E-state index contributed by atoms with van der Waals surface area (Å²) in [6.45, 7) is 70.7. The van der Waals surface area contributed by atoms with Gasteiger partial charge < -0.3 is 42.5 Å². The molecule has 8 nitrogen and oxygen atoms in total. The van der Waals surface area contributed by atoms with E-state index in [4.69, 9.17) is 0 Å². The third kappa shape index (κ3) is 211. The summed E-state index contributed by atoms with van der Waals surface area (Å²) in [5.41, 5.74) is 0. The number of quaternary nitrogens is 8. The monoisotopic (exact) mass is 1190 g/mol. The van der Waals surface area contributed by atoms with Crippen LogP contribution in [-0.2, 0) is 17.1 Å². The summed E-state index contributed by atoms with van der Waals surface area (Å²) in [7, 11) is 0. The average Bonchev–Trinajstić information content (AvgIpc) is 3.82. The van der Waals surface area contributed by atoms with Crippen LogP contribution in [0.2, 0.25) is 0 Å². The molecule has 2 aromatic carbocycles. The summed E-state index contributed by atoms with van der Waals surface area (Å²) in [4.78, 5) is 0. The van der Waals surface area contributed by atoms with E-state index < -0.39 is 0 Å². The van der Waals surface area contributed by atoms with E-state index in [1.165, 1.54) is 0 Å². The largest absolute Gasteiger partial charge is 4.00 e. The van der Waals surface area contributed by atoms with Gasteiger partial charge in [-0.2, -0.15) is 36.4 Å². The van der Waals surface area contributed by atoms with Crippen LogP contribution in [0.3, 0.4) is 0 Å². The molecular weight excluding hydrogens is 1050 g/mol. The van der Waals surface area contributed by atoms with Gasteiger partial charge in [0.05, 0.1) is 96.7 Å². The molecule has 0 aliphatic heterocycles. The molecule has 0 bridgehead atoms. The topological polar surface area (TPSA) is 133 Å². The summed E-state index contributed by atoms with van der Waals surface area (Å²) in [6.07, 6.45) is 0. The fourth-order valence-corrected chi connectivity index (χ4v) is 6.80. The van der Waals surface area contributed by atoms with E-state index in [1.807, 2.05) is 60.7 Å². The Morgan fingerprint density at radius 1 is 0.187 bits per heavy atom. The van der Waals surface area contributed by atoms with Crippen LogP contribution < -0.4 is 161 Å². The second kappa shape index (κ2) is 96.3. The van der Waals surface area contributed by atoms with Crippen molar-refractivity contribution in [2.24, 2.45) is 0 Å². The minimum Gasteiger partial charge on any atom is -0.342 e.